The third-order valence-electron chi connectivity index (χ3n) is 6.67. The molecule has 1 saturated heterocycles. The zero-order chi connectivity index (χ0) is 23.1. The summed E-state index contributed by atoms with van der Waals surface area (Å²) in [7, 11) is 0. The Morgan fingerprint density at radius 1 is 1.12 bits per heavy atom. The fraction of sp³-hybridized carbons (Fsp3) is 0.320. The third-order valence-corrected chi connectivity index (χ3v) is 6.67. The van der Waals surface area contributed by atoms with Crippen LogP contribution < -0.4 is 10.3 Å². The van der Waals surface area contributed by atoms with Gasteiger partial charge < -0.3 is 14.6 Å². The lowest BCUT2D eigenvalue weighted by Gasteiger charge is -2.31. The highest BCUT2D eigenvalue weighted by Crippen LogP contribution is 2.29. The highest BCUT2D eigenvalue weighted by molar-refractivity contribution is 5.94. The number of carbonyl (C=O) groups excluding carboxylic acids is 1. The lowest BCUT2D eigenvalue weighted by atomic mass is 9.95. The van der Waals surface area contributed by atoms with Crippen molar-refractivity contribution in [3.05, 3.63) is 81.4 Å². The standard InChI is InChI=1S/C25H24N6O3/c32-24-21-23(31(29-28-21)15-16-4-2-1-3-5-16)26-22(27-24)17-8-11-30(12-9-17)25(33)19-6-7-20-18(14-19)10-13-34-20/h1-7,14,17H,8-13,15H2,(H,26,27,32). The number of aromatic amines is 1. The number of rotatable bonds is 4. The number of benzene rings is 2. The number of nitrogens with zero attached hydrogens (tertiary/aromatic N) is 5. The molecule has 0 aliphatic carbocycles. The summed E-state index contributed by atoms with van der Waals surface area (Å²) in [6.45, 7) is 2.39. The van der Waals surface area contributed by atoms with E-state index in [9.17, 15) is 9.59 Å². The second-order valence-corrected chi connectivity index (χ2v) is 8.84. The summed E-state index contributed by atoms with van der Waals surface area (Å²) >= 11 is 0. The number of hydrogen-bond donors (Lipinski definition) is 1. The molecular weight excluding hydrogens is 432 g/mol. The molecule has 0 saturated carbocycles. The van der Waals surface area contributed by atoms with Crippen LogP contribution in [0.1, 0.15) is 46.1 Å². The Morgan fingerprint density at radius 3 is 2.76 bits per heavy atom. The summed E-state index contributed by atoms with van der Waals surface area (Å²) in [4.78, 5) is 35.2. The molecule has 2 aliphatic heterocycles. The number of amides is 1. The smallest absolute Gasteiger partial charge is 0.281 e. The van der Waals surface area contributed by atoms with Crippen LogP contribution in [0.15, 0.2) is 53.3 Å². The summed E-state index contributed by atoms with van der Waals surface area (Å²) < 4.78 is 7.21. The van der Waals surface area contributed by atoms with Crippen molar-refractivity contribution in [2.24, 2.45) is 0 Å². The largest absolute Gasteiger partial charge is 0.493 e. The van der Waals surface area contributed by atoms with Gasteiger partial charge in [-0.3, -0.25) is 9.59 Å². The number of piperidine rings is 1. The molecule has 34 heavy (non-hydrogen) atoms. The van der Waals surface area contributed by atoms with Gasteiger partial charge in [-0.15, -0.1) is 5.10 Å². The molecule has 1 amide bonds. The number of likely N-dealkylation sites (tertiary alicyclic amines) is 1. The van der Waals surface area contributed by atoms with Crippen LogP contribution in [-0.4, -0.2) is 55.5 Å². The number of aromatic nitrogens is 5. The molecule has 2 aromatic heterocycles. The molecule has 2 aromatic carbocycles. The molecule has 0 atom stereocenters. The van der Waals surface area contributed by atoms with Gasteiger partial charge in [-0.1, -0.05) is 35.5 Å². The molecule has 4 heterocycles. The molecule has 0 unspecified atom stereocenters. The first-order valence-electron chi connectivity index (χ1n) is 11.6. The number of carbonyl (C=O) groups is 1. The summed E-state index contributed by atoms with van der Waals surface area (Å²) in [6, 6.07) is 15.6. The number of hydrogen-bond acceptors (Lipinski definition) is 6. The Morgan fingerprint density at radius 2 is 1.94 bits per heavy atom. The maximum atomic E-state index is 13.0. The Balaban J connectivity index is 1.19. The number of H-pyrrole nitrogens is 1. The van der Waals surface area contributed by atoms with Gasteiger partial charge in [0.2, 0.25) is 0 Å². The van der Waals surface area contributed by atoms with Crippen LogP contribution in [0.4, 0.5) is 0 Å². The summed E-state index contributed by atoms with van der Waals surface area (Å²) in [5.74, 6) is 1.61. The van der Waals surface area contributed by atoms with Gasteiger partial charge in [0.15, 0.2) is 11.2 Å². The van der Waals surface area contributed by atoms with Crippen LogP contribution in [0, 0.1) is 0 Å². The fourth-order valence-electron chi connectivity index (χ4n) is 4.80. The van der Waals surface area contributed by atoms with Crippen molar-refractivity contribution in [3.63, 3.8) is 0 Å². The van der Waals surface area contributed by atoms with E-state index in [4.69, 9.17) is 9.72 Å². The van der Waals surface area contributed by atoms with Crippen LogP contribution in [0.25, 0.3) is 11.2 Å². The van der Waals surface area contributed by atoms with Gasteiger partial charge in [-0.2, -0.15) is 0 Å². The summed E-state index contributed by atoms with van der Waals surface area (Å²) in [5, 5.41) is 8.19. The predicted octanol–water partition coefficient (Wildman–Crippen LogP) is 2.52. The normalized spacial score (nSPS) is 15.9. The number of ether oxygens (including phenoxy) is 1. The molecule has 9 heteroatoms. The van der Waals surface area contributed by atoms with Crippen molar-refractivity contribution < 1.29 is 9.53 Å². The van der Waals surface area contributed by atoms with Gasteiger partial charge in [0.25, 0.3) is 11.5 Å². The molecule has 172 valence electrons. The Labute approximate surface area is 195 Å². The lowest BCUT2D eigenvalue weighted by molar-refractivity contribution is 0.0711. The molecule has 1 fully saturated rings. The van der Waals surface area contributed by atoms with Crippen LogP contribution in [0.2, 0.25) is 0 Å². The van der Waals surface area contributed by atoms with Crippen molar-refractivity contribution in [1.29, 1.82) is 0 Å². The van der Waals surface area contributed by atoms with Gasteiger partial charge in [-0.05, 0) is 42.2 Å². The first kappa shape index (κ1) is 20.6. The van der Waals surface area contributed by atoms with Gasteiger partial charge in [0, 0.05) is 31.0 Å². The first-order chi connectivity index (χ1) is 16.7. The highest BCUT2D eigenvalue weighted by Gasteiger charge is 2.27. The van der Waals surface area contributed by atoms with E-state index >= 15 is 0 Å². The van der Waals surface area contributed by atoms with E-state index in [0.29, 0.717) is 43.3 Å². The lowest BCUT2D eigenvalue weighted by Crippen LogP contribution is -2.38. The van der Waals surface area contributed by atoms with Crippen molar-refractivity contribution >= 4 is 17.1 Å². The van der Waals surface area contributed by atoms with Gasteiger partial charge in [0.05, 0.1) is 13.2 Å². The van der Waals surface area contributed by atoms with Gasteiger partial charge >= 0.3 is 0 Å². The maximum absolute atomic E-state index is 13.0. The summed E-state index contributed by atoms with van der Waals surface area (Å²) in [5.41, 5.74) is 3.30. The number of fused-ring (bicyclic) bond motifs is 2. The van der Waals surface area contributed by atoms with Crippen molar-refractivity contribution in [2.45, 2.75) is 31.7 Å². The minimum absolute atomic E-state index is 0.0372. The zero-order valence-electron chi connectivity index (χ0n) is 18.6. The number of nitrogens with one attached hydrogen (secondary N) is 1. The highest BCUT2D eigenvalue weighted by atomic mass is 16.5. The monoisotopic (exact) mass is 456 g/mol. The van der Waals surface area contributed by atoms with Gasteiger partial charge in [0.1, 0.15) is 11.6 Å². The zero-order valence-corrected chi connectivity index (χ0v) is 18.6. The van der Waals surface area contributed by atoms with Crippen molar-refractivity contribution in [3.8, 4) is 5.75 Å². The van der Waals surface area contributed by atoms with Gasteiger partial charge in [-0.25, -0.2) is 9.67 Å². The summed E-state index contributed by atoms with van der Waals surface area (Å²) in [6.07, 6.45) is 2.30. The molecule has 9 nitrogen and oxygen atoms in total. The fourth-order valence-corrected chi connectivity index (χ4v) is 4.80. The molecule has 0 radical (unpaired) electrons. The van der Waals surface area contributed by atoms with Crippen LogP contribution in [0.5, 0.6) is 5.75 Å². The second kappa shape index (κ2) is 8.40. The molecule has 0 bridgehead atoms. The van der Waals surface area contributed by atoms with E-state index in [0.717, 1.165) is 36.1 Å². The Bertz CT molecular complexity index is 1420. The van der Waals surface area contributed by atoms with E-state index in [1.54, 1.807) is 4.68 Å². The van der Waals surface area contributed by atoms with Crippen LogP contribution >= 0.6 is 0 Å². The average molecular weight is 457 g/mol. The average Bonchev–Trinajstić information content (AvgIpc) is 3.51. The van der Waals surface area contributed by atoms with Crippen LogP contribution in [-0.2, 0) is 13.0 Å². The van der Waals surface area contributed by atoms with Crippen LogP contribution in [0.3, 0.4) is 0 Å². The van der Waals surface area contributed by atoms with E-state index < -0.39 is 0 Å². The second-order valence-electron chi connectivity index (χ2n) is 8.84. The van der Waals surface area contributed by atoms with E-state index in [-0.39, 0.29) is 22.9 Å². The molecular formula is C25H24N6O3. The van der Waals surface area contributed by atoms with Crippen molar-refractivity contribution in [2.75, 3.05) is 19.7 Å². The topological polar surface area (TPSA) is 106 Å². The Hall–Kier alpha value is -4.01. The minimum atomic E-state index is -0.279. The quantitative estimate of drug-likeness (QED) is 0.506. The van der Waals surface area contributed by atoms with E-state index in [1.807, 2.05) is 53.4 Å². The third kappa shape index (κ3) is 3.72. The molecule has 0 spiro atoms. The SMILES string of the molecule is O=C(c1ccc2c(c1)CCO2)N1CCC(c2nc3c(nnn3Cc3ccccc3)c(=O)[nH]2)CC1. The molecule has 2 aliphatic rings. The van der Waals surface area contributed by atoms with E-state index in [2.05, 4.69) is 15.3 Å². The van der Waals surface area contributed by atoms with Crippen molar-refractivity contribution in [1.82, 2.24) is 29.9 Å². The van der Waals surface area contributed by atoms with E-state index in [1.165, 1.54) is 0 Å². The molecule has 4 aromatic rings. The minimum Gasteiger partial charge on any atom is -0.493 e. The first-order valence-corrected chi connectivity index (χ1v) is 11.6. The molecule has 6 rings (SSSR count). The maximum Gasteiger partial charge on any atom is 0.281 e. The predicted molar refractivity (Wildman–Crippen MR) is 125 cm³/mol. The Kier molecular flexibility index (Phi) is 5.09. The molecule has 1 N–H and O–H groups in total.